The lowest BCUT2D eigenvalue weighted by molar-refractivity contribution is 0.441. The monoisotopic (exact) mass is 277 g/mol. The molecule has 1 nitrogen and oxygen atoms in total. The molecule has 1 heteroatoms. The van der Waals surface area contributed by atoms with Crippen molar-refractivity contribution in [3.05, 3.63) is 90.5 Å². The zero-order chi connectivity index (χ0) is 15.0. The van der Waals surface area contributed by atoms with Gasteiger partial charge in [-0.15, -0.1) is 6.58 Å². The lowest BCUT2D eigenvalue weighted by Crippen LogP contribution is -2.39. The van der Waals surface area contributed by atoms with E-state index >= 15 is 0 Å². The highest BCUT2D eigenvalue weighted by Gasteiger charge is 2.17. The van der Waals surface area contributed by atoms with Crippen LogP contribution in [0.25, 0.3) is 6.08 Å². The van der Waals surface area contributed by atoms with Crippen LogP contribution in [0.4, 0.5) is 0 Å². The first kappa shape index (κ1) is 15.3. The van der Waals surface area contributed by atoms with Gasteiger partial charge in [-0.2, -0.15) is 0 Å². The second-order valence-electron chi connectivity index (χ2n) is 5.49. The smallest absolute Gasteiger partial charge is 0.0376 e. The zero-order valence-corrected chi connectivity index (χ0v) is 12.6. The van der Waals surface area contributed by atoms with Crippen LogP contribution in [0.1, 0.15) is 24.5 Å². The van der Waals surface area contributed by atoms with E-state index in [0.717, 1.165) is 13.0 Å². The minimum Gasteiger partial charge on any atom is -0.304 e. The van der Waals surface area contributed by atoms with Crippen LogP contribution in [0.2, 0.25) is 0 Å². The van der Waals surface area contributed by atoms with Crippen LogP contribution in [0, 0.1) is 0 Å². The average molecular weight is 277 g/mol. The van der Waals surface area contributed by atoms with E-state index in [9.17, 15) is 0 Å². The maximum atomic E-state index is 3.88. The van der Waals surface area contributed by atoms with Gasteiger partial charge in [0.05, 0.1) is 0 Å². The van der Waals surface area contributed by atoms with Crippen molar-refractivity contribution in [2.45, 2.75) is 25.4 Å². The van der Waals surface area contributed by atoms with Gasteiger partial charge in [-0.25, -0.2) is 0 Å². The van der Waals surface area contributed by atoms with Gasteiger partial charge in [-0.05, 0) is 24.5 Å². The number of benzene rings is 2. The van der Waals surface area contributed by atoms with E-state index in [2.05, 4.69) is 79.5 Å². The Hall–Kier alpha value is -2.12. The summed E-state index contributed by atoms with van der Waals surface area (Å²) in [6.45, 7) is 6.94. The maximum Gasteiger partial charge on any atom is 0.0376 e. The van der Waals surface area contributed by atoms with E-state index in [1.807, 2.05) is 18.2 Å². The minimum absolute atomic E-state index is 0.0898. The van der Waals surface area contributed by atoms with Crippen LogP contribution in [0.3, 0.4) is 0 Å². The van der Waals surface area contributed by atoms with E-state index in [-0.39, 0.29) is 5.54 Å². The molecule has 2 rings (SSSR count). The molecule has 0 spiro atoms. The highest BCUT2D eigenvalue weighted by Crippen LogP contribution is 2.16. The first-order chi connectivity index (χ1) is 10.2. The van der Waals surface area contributed by atoms with Crippen LogP contribution >= 0.6 is 0 Å². The number of rotatable bonds is 7. The standard InChI is InChI=1S/C20H23N/c1-3-15-20(2,16-14-18-10-6-4-7-11-18)21-17-19-12-8-5-9-13-19/h3-14,16,21H,1,15,17H2,2H3/b16-14+. The fourth-order valence-corrected chi connectivity index (χ4v) is 2.24. The molecule has 21 heavy (non-hydrogen) atoms. The summed E-state index contributed by atoms with van der Waals surface area (Å²) >= 11 is 0. The molecule has 0 aliphatic heterocycles. The van der Waals surface area contributed by atoms with Gasteiger partial charge in [0.15, 0.2) is 0 Å². The lowest BCUT2D eigenvalue weighted by Gasteiger charge is -2.26. The molecule has 108 valence electrons. The first-order valence-corrected chi connectivity index (χ1v) is 7.36. The quantitative estimate of drug-likeness (QED) is 0.715. The van der Waals surface area contributed by atoms with Crippen LogP contribution in [-0.4, -0.2) is 5.54 Å². The van der Waals surface area contributed by atoms with Crippen molar-refractivity contribution in [3.8, 4) is 0 Å². The molecule has 1 atom stereocenters. The molecule has 0 amide bonds. The van der Waals surface area contributed by atoms with Gasteiger partial charge in [0, 0.05) is 12.1 Å². The molecule has 0 bridgehead atoms. The second kappa shape index (κ2) is 7.61. The SMILES string of the molecule is C=CCC(C)(/C=C/c1ccccc1)NCc1ccccc1. The van der Waals surface area contributed by atoms with Crippen molar-refractivity contribution >= 4 is 6.08 Å². The molecule has 0 radical (unpaired) electrons. The first-order valence-electron chi connectivity index (χ1n) is 7.36. The molecule has 0 heterocycles. The minimum atomic E-state index is -0.0898. The maximum absolute atomic E-state index is 3.88. The Morgan fingerprint density at radius 3 is 2.24 bits per heavy atom. The summed E-state index contributed by atoms with van der Waals surface area (Å²) in [6, 6.07) is 20.8. The molecule has 1 N–H and O–H groups in total. The Balaban J connectivity index is 2.05. The average Bonchev–Trinajstić information content (AvgIpc) is 2.54. The molecule has 0 saturated heterocycles. The number of hydrogen-bond acceptors (Lipinski definition) is 1. The Kier molecular flexibility index (Phi) is 5.53. The van der Waals surface area contributed by atoms with Crippen LogP contribution < -0.4 is 5.32 Å². The van der Waals surface area contributed by atoms with E-state index in [1.54, 1.807) is 0 Å². The molecule has 2 aromatic carbocycles. The van der Waals surface area contributed by atoms with Crippen molar-refractivity contribution in [2.24, 2.45) is 0 Å². The third kappa shape index (κ3) is 5.05. The molecule has 1 unspecified atom stereocenters. The van der Waals surface area contributed by atoms with Gasteiger partial charge in [0.2, 0.25) is 0 Å². The molecule has 0 saturated carbocycles. The lowest BCUT2D eigenvalue weighted by atomic mass is 9.95. The summed E-state index contributed by atoms with van der Waals surface area (Å²) in [5.74, 6) is 0. The number of nitrogens with one attached hydrogen (secondary N) is 1. The van der Waals surface area contributed by atoms with Gasteiger partial charge < -0.3 is 5.32 Å². The summed E-state index contributed by atoms with van der Waals surface area (Å²) in [6.07, 6.45) is 7.25. The second-order valence-corrected chi connectivity index (χ2v) is 5.49. The molecule has 0 aliphatic rings. The van der Waals surface area contributed by atoms with Gasteiger partial charge in [0.25, 0.3) is 0 Å². The highest BCUT2D eigenvalue weighted by atomic mass is 14.9. The fraction of sp³-hybridized carbons (Fsp3) is 0.200. The summed E-state index contributed by atoms with van der Waals surface area (Å²) in [7, 11) is 0. The van der Waals surface area contributed by atoms with E-state index < -0.39 is 0 Å². The van der Waals surface area contributed by atoms with E-state index in [1.165, 1.54) is 11.1 Å². The van der Waals surface area contributed by atoms with Crippen molar-refractivity contribution in [2.75, 3.05) is 0 Å². The molecule has 2 aromatic rings. The van der Waals surface area contributed by atoms with Gasteiger partial charge in [-0.3, -0.25) is 0 Å². The number of hydrogen-bond donors (Lipinski definition) is 1. The van der Waals surface area contributed by atoms with Crippen molar-refractivity contribution < 1.29 is 0 Å². The topological polar surface area (TPSA) is 12.0 Å². The Bertz CT molecular complexity index is 571. The predicted octanol–water partition coefficient (Wildman–Crippen LogP) is 4.82. The summed E-state index contributed by atoms with van der Waals surface area (Å²) in [4.78, 5) is 0. The predicted molar refractivity (Wildman–Crippen MR) is 92.0 cm³/mol. The summed E-state index contributed by atoms with van der Waals surface area (Å²) < 4.78 is 0. The van der Waals surface area contributed by atoms with E-state index in [0.29, 0.717) is 0 Å². The third-order valence-electron chi connectivity index (χ3n) is 3.55. The Labute approximate surface area is 128 Å². The van der Waals surface area contributed by atoms with Gasteiger partial charge in [-0.1, -0.05) is 78.9 Å². The van der Waals surface area contributed by atoms with E-state index in [4.69, 9.17) is 0 Å². The Morgan fingerprint density at radius 1 is 1.00 bits per heavy atom. The van der Waals surface area contributed by atoms with Crippen molar-refractivity contribution in [1.82, 2.24) is 5.32 Å². The van der Waals surface area contributed by atoms with Crippen LogP contribution in [-0.2, 0) is 6.54 Å². The normalized spacial score (nSPS) is 14.0. The molecule has 0 fully saturated rings. The Morgan fingerprint density at radius 2 is 1.62 bits per heavy atom. The molecule has 0 aliphatic carbocycles. The fourth-order valence-electron chi connectivity index (χ4n) is 2.24. The summed E-state index contributed by atoms with van der Waals surface area (Å²) in [5.41, 5.74) is 2.42. The van der Waals surface area contributed by atoms with Crippen LogP contribution in [0.5, 0.6) is 0 Å². The summed E-state index contributed by atoms with van der Waals surface area (Å²) in [5, 5.41) is 3.63. The highest BCUT2D eigenvalue weighted by molar-refractivity contribution is 5.50. The molecular formula is C20H23N. The largest absolute Gasteiger partial charge is 0.304 e. The van der Waals surface area contributed by atoms with Gasteiger partial charge >= 0.3 is 0 Å². The molecule has 0 aromatic heterocycles. The van der Waals surface area contributed by atoms with Gasteiger partial charge in [0.1, 0.15) is 0 Å². The van der Waals surface area contributed by atoms with Crippen LogP contribution in [0.15, 0.2) is 79.4 Å². The molecular weight excluding hydrogens is 254 g/mol. The van der Waals surface area contributed by atoms with Crippen molar-refractivity contribution in [3.63, 3.8) is 0 Å². The third-order valence-corrected chi connectivity index (χ3v) is 3.55. The zero-order valence-electron chi connectivity index (χ0n) is 12.6. The van der Waals surface area contributed by atoms with Crippen molar-refractivity contribution in [1.29, 1.82) is 0 Å².